The zero-order valence-electron chi connectivity index (χ0n) is 13.8. The van der Waals surface area contributed by atoms with Crippen molar-refractivity contribution >= 4 is 5.97 Å². The minimum Gasteiger partial charge on any atom is -0.481 e. The minimum atomic E-state index is -0.818. The number of aliphatic hydroxyl groups is 3. The fourth-order valence-electron chi connectivity index (χ4n) is 3.11. The van der Waals surface area contributed by atoms with Crippen molar-refractivity contribution in [1.82, 2.24) is 0 Å². The summed E-state index contributed by atoms with van der Waals surface area (Å²) in [6, 6.07) is 0. The van der Waals surface area contributed by atoms with E-state index in [0.29, 0.717) is 25.7 Å². The van der Waals surface area contributed by atoms with Crippen LogP contribution in [-0.4, -0.2) is 44.7 Å². The van der Waals surface area contributed by atoms with Crippen molar-refractivity contribution in [1.29, 1.82) is 0 Å². The molecule has 1 aliphatic rings. The summed E-state index contributed by atoms with van der Waals surface area (Å²) in [5.41, 5.74) is 0. The maximum Gasteiger partial charge on any atom is 0.303 e. The molecule has 5 heteroatoms. The highest BCUT2D eigenvalue weighted by Gasteiger charge is 2.39. The molecule has 0 radical (unpaired) electrons. The Bertz CT molecular complexity index is 404. The molecular formula is C18H30O5. The van der Waals surface area contributed by atoms with Gasteiger partial charge < -0.3 is 20.4 Å². The van der Waals surface area contributed by atoms with Crippen LogP contribution in [0.15, 0.2) is 24.3 Å². The summed E-state index contributed by atoms with van der Waals surface area (Å²) in [7, 11) is 0. The molecule has 0 unspecified atom stereocenters. The van der Waals surface area contributed by atoms with Crippen molar-refractivity contribution < 1.29 is 25.2 Å². The van der Waals surface area contributed by atoms with E-state index in [2.05, 4.69) is 13.0 Å². The van der Waals surface area contributed by atoms with E-state index in [0.717, 1.165) is 12.8 Å². The summed E-state index contributed by atoms with van der Waals surface area (Å²) < 4.78 is 0. The summed E-state index contributed by atoms with van der Waals surface area (Å²) in [5.74, 6) is -0.996. The lowest BCUT2D eigenvalue weighted by Gasteiger charge is -2.19. The van der Waals surface area contributed by atoms with E-state index in [1.807, 2.05) is 12.2 Å². The van der Waals surface area contributed by atoms with Crippen LogP contribution in [0, 0.1) is 11.8 Å². The van der Waals surface area contributed by atoms with Gasteiger partial charge in [0.1, 0.15) is 0 Å². The number of aliphatic hydroxyl groups excluding tert-OH is 3. The highest BCUT2D eigenvalue weighted by Crippen LogP contribution is 2.36. The zero-order valence-corrected chi connectivity index (χ0v) is 13.8. The Morgan fingerprint density at radius 3 is 2.61 bits per heavy atom. The zero-order chi connectivity index (χ0) is 17.2. The predicted octanol–water partition coefficient (Wildman–Crippen LogP) is 2.26. The molecular weight excluding hydrogens is 296 g/mol. The predicted molar refractivity (Wildman–Crippen MR) is 88.9 cm³/mol. The van der Waals surface area contributed by atoms with Crippen molar-refractivity contribution in [3.63, 3.8) is 0 Å². The molecule has 1 aliphatic carbocycles. The fraction of sp³-hybridized carbons (Fsp3) is 0.722. The van der Waals surface area contributed by atoms with E-state index < -0.39 is 24.3 Å². The highest BCUT2D eigenvalue weighted by molar-refractivity contribution is 5.66. The highest BCUT2D eigenvalue weighted by atomic mass is 16.4. The Morgan fingerprint density at radius 2 is 1.96 bits per heavy atom. The maximum absolute atomic E-state index is 10.4. The maximum atomic E-state index is 10.4. The Hall–Kier alpha value is -1.17. The third-order valence-corrected chi connectivity index (χ3v) is 4.42. The van der Waals surface area contributed by atoms with E-state index in [4.69, 9.17) is 5.11 Å². The summed E-state index contributed by atoms with van der Waals surface area (Å²) in [4.78, 5) is 10.4. The lowest BCUT2D eigenvalue weighted by Crippen LogP contribution is -2.20. The lowest BCUT2D eigenvalue weighted by molar-refractivity contribution is -0.137. The van der Waals surface area contributed by atoms with Crippen LogP contribution in [-0.2, 0) is 4.79 Å². The molecule has 1 fully saturated rings. The van der Waals surface area contributed by atoms with Crippen LogP contribution in [0.4, 0.5) is 0 Å². The molecule has 5 nitrogen and oxygen atoms in total. The van der Waals surface area contributed by atoms with Crippen LogP contribution in [0.2, 0.25) is 0 Å². The Morgan fingerprint density at radius 1 is 1.22 bits per heavy atom. The molecule has 0 heterocycles. The average Bonchev–Trinajstić information content (AvgIpc) is 2.75. The Labute approximate surface area is 138 Å². The molecule has 5 atom stereocenters. The first-order valence-electron chi connectivity index (χ1n) is 8.55. The lowest BCUT2D eigenvalue weighted by atomic mass is 9.89. The number of carboxylic acid groups (broad SMARTS) is 1. The van der Waals surface area contributed by atoms with Gasteiger partial charge in [-0.15, -0.1) is 0 Å². The molecule has 0 saturated heterocycles. The molecule has 0 aliphatic heterocycles. The van der Waals surface area contributed by atoms with Gasteiger partial charge in [0, 0.05) is 18.8 Å². The van der Waals surface area contributed by atoms with Gasteiger partial charge >= 0.3 is 5.97 Å². The number of carbonyl (C=O) groups is 1. The van der Waals surface area contributed by atoms with Crippen LogP contribution in [0.1, 0.15) is 51.9 Å². The number of allylic oxidation sites excluding steroid dienone is 2. The van der Waals surface area contributed by atoms with Crippen molar-refractivity contribution in [2.45, 2.75) is 70.2 Å². The Balaban J connectivity index is 2.47. The van der Waals surface area contributed by atoms with Gasteiger partial charge in [0.05, 0.1) is 18.3 Å². The van der Waals surface area contributed by atoms with E-state index in [-0.39, 0.29) is 18.3 Å². The molecule has 0 aromatic heterocycles. The van der Waals surface area contributed by atoms with Gasteiger partial charge in [-0.1, -0.05) is 31.2 Å². The molecule has 132 valence electrons. The van der Waals surface area contributed by atoms with Gasteiger partial charge in [-0.25, -0.2) is 0 Å². The van der Waals surface area contributed by atoms with Gasteiger partial charge in [-0.2, -0.15) is 0 Å². The van der Waals surface area contributed by atoms with Crippen molar-refractivity contribution in [2.75, 3.05) is 0 Å². The van der Waals surface area contributed by atoms with Gasteiger partial charge in [-0.05, 0) is 38.0 Å². The molecule has 1 saturated carbocycles. The number of unbranched alkanes of at least 4 members (excludes halogenated alkanes) is 1. The second-order valence-corrected chi connectivity index (χ2v) is 6.32. The third-order valence-electron chi connectivity index (χ3n) is 4.42. The standard InChI is InChI=1S/C18H30O5/c1-2-3-4-8-14-15(17(21)12-16(14)20)11-10-13(19)7-5-6-9-18(22)23/h3-4,10-11,13-17,19-21H,2,5-9,12H2,1H3,(H,22,23)/b4-3-,11-10+/t13-,14-,15+,16-,17+/m0/s1. The van der Waals surface area contributed by atoms with Gasteiger partial charge in [0.25, 0.3) is 0 Å². The first kappa shape index (κ1) is 19.9. The first-order chi connectivity index (χ1) is 11.0. The van der Waals surface area contributed by atoms with Crippen LogP contribution >= 0.6 is 0 Å². The number of carboxylic acids is 1. The fourth-order valence-corrected chi connectivity index (χ4v) is 3.11. The SMILES string of the molecule is CC/C=C\C[C@H]1[C@@H](/C=C/[C@@H](O)CCCCC(=O)O)[C@H](O)C[C@@H]1O. The van der Waals surface area contributed by atoms with Crippen LogP contribution < -0.4 is 0 Å². The summed E-state index contributed by atoms with van der Waals surface area (Å²) in [5, 5.41) is 38.7. The molecule has 0 aromatic rings. The molecule has 0 aromatic carbocycles. The smallest absolute Gasteiger partial charge is 0.303 e. The van der Waals surface area contributed by atoms with Crippen LogP contribution in [0.3, 0.4) is 0 Å². The summed E-state index contributed by atoms with van der Waals surface area (Å²) >= 11 is 0. The molecule has 4 N–H and O–H groups in total. The van der Waals surface area contributed by atoms with Crippen molar-refractivity contribution in [3.8, 4) is 0 Å². The van der Waals surface area contributed by atoms with E-state index in [1.54, 1.807) is 6.08 Å². The average molecular weight is 326 g/mol. The van der Waals surface area contributed by atoms with E-state index in [9.17, 15) is 20.1 Å². The molecule has 1 rings (SSSR count). The third kappa shape index (κ3) is 7.29. The number of rotatable bonds is 10. The van der Waals surface area contributed by atoms with Gasteiger partial charge in [0.15, 0.2) is 0 Å². The minimum absolute atomic E-state index is 0.0248. The second-order valence-electron chi connectivity index (χ2n) is 6.32. The van der Waals surface area contributed by atoms with E-state index in [1.165, 1.54) is 0 Å². The summed E-state index contributed by atoms with van der Waals surface area (Å²) in [6.07, 6.45) is 9.69. The normalized spacial score (nSPS) is 29.6. The van der Waals surface area contributed by atoms with Crippen molar-refractivity contribution in [3.05, 3.63) is 24.3 Å². The summed E-state index contributed by atoms with van der Waals surface area (Å²) in [6.45, 7) is 2.05. The van der Waals surface area contributed by atoms with Gasteiger partial charge in [-0.3, -0.25) is 4.79 Å². The molecule has 23 heavy (non-hydrogen) atoms. The molecule has 0 bridgehead atoms. The molecule has 0 amide bonds. The monoisotopic (exact) mass is 326 g/mol. The Kier molecular flexibility index (Phi) is 9.14. The first-order valence-corrected chi connectivity index (χ1v) is 8.55. The number of aliphatic carboxylic acids is 1. The largest absolute Gasteiger partial charge is 0.481 e. The van der Waals surface area contributed by atoms with Crippen LogP contribution in [0.25, 0.3) is 0 Å². The van der Waals surface area contributed by atoms with E-state index >= 15 is 0 Å². The van der Waals surface area contributed by atoms with Crippen molar-refractivity contribution in [2.24, 2.45) is 11.8 Å². The second kappa shape index (κ2) is 10.6. The van der Waals surface area contributed by atoms with Crippen LogP contribution in [0.5, 0.6) is 0 Å². The topological polar surface area (TPSA) is 98.0 Å². The van der Waals surface area contributed by atoms with Gasteiger partial charge in [0.2, 0.25) is 0 Å². The molecule has 0 spiro atoms. The number of hydrogen-bond acceptors (Lipinski definition) is 4. The quantitative estimate of drug-likeness (QED) is 0.365. The number of hydrogen-bond donors (Lipinski definition) is 4.